The molecule has 38 heavy (non-hydrogen) atoms. The number of amides is 2. The Balaban J connectivity index is 1.60. The number of nitrogens with zero attached hydrogens (tertiary/aromatic N) is 1. The summed E-state index contributed by atoms with van der Waals surface area (Å²) in [6, 6.07) is 6.23. The van der Waals surface area contributed by atoms with Crippen molar-refractivity contribution >= 4 is 66.5 Å². The Hall–Kier alpha value is -2.31. The molecule has 0 aliphatic carbocycles. The zero-order valence-electron chi connectivity index (χ0n) is 20.9. The van der Waals surface area contributed by atoms with E-state index < -0.39 is 39.5 Å². The Labute approximate surface area is 234 Å². The first-order chi connectivity index (χ1) is 17.8. The van der Waals surface area contributed by atoms with Gasteiger partial charge in [0.05, 0.1) is 10.0 Å². The molecule has 0 unspecified atom stereocenters. The molecule has 0 fully saturated rings. The first-order valence-corrected chi connectivity index (χ1v) is 14.7. The van der Waals surface area contributed by atoms with E-state index in [1.54, 1.807) is 0 Å². The van der Waals surface area contributed by atoms with Crippen LogP contribution in [-0.4, -0.2) is 50.7 Å². The summed E-state index contributed by atoms with van der Waals surface area (Å²) >= 11 is 13.3. The average molecular weight is 607 g/mol. The molecule has 0 saturated heterocycles. The summed E-state index contributed by atoms with van der Waals surface area (Å²) in [6.07, 6.45) is 0.627. The molecule has 0 aliphatic heterocycles. The number of thiophene rings is 1. The maximum Gasteiger partial charge on any atom is 0.263 e. The van der Waals surface area contributed by atoms with E-state index in [2.05, 4.69) is 10.6 Å². The molecular weight excluding hydrogens is 579 g/mol. The van der Waals surface area contributed by atoms with Crippen LogP contribution in [0.1, 0.15) is 36.4 Å². The van der Waals surface area contributed by atoms with E-state index >= 15 is 0 Å². The van der Waals surface area contributed by atoms with E-state index in [1.807, 2.05) is 13.8 Å². The molecule has 7 nitrogen and oxygen atoms in total. The molecule has 2 aromatic carbocycles. The van der Waals surface area contributed by atoms with E-state index in [9.17, 15) is 26.8 Å². The first-order valence-electron chi connectivity index (χ1n) is 11.7. The molecule has 3 aromatic rings. The Morgan fingerprint density at radius 3 is 2.39 bits per heavy atom. The molecule has 2 amide bonds. The van der Waals surface area contributed by atoms with Gasteiger partial charge in [0.1, 0.15) is 27.4 Å². The predicted molar refractivity (Wildman–Crippen MR) is 146 cm³/mol. The fourth-order valence-electron chi connectivity index (χ4n) is 3.72. The van der Waals surface area contributed by atoms with E-state index in [-0.39, 0.29) is 45.2 Å². The van der Waals surface area contributed by atoms with Crippen LogP contribution < -0.4 is 10.6 Å². The number of carbonyl (C=O) groups excluding carboxylic acids is 2. The molecular formula is C25H27Cl2F2N3O4S2. The van der Waals surface area contributed by atoms with Gasteiger partial charge in [-0.25, -0.2) is 21.5 Å². The topological polar surface area (TPSA) is 95.6 Å². The maximum absolute atomic E-state index is 13.6. The monoisotopic (exact) mass is 605 g/mol. The van der Waals surface area contributed by atoms with Gasteiger partial charge in [0.2, 0.25) is 15.9 Å². The van der Waals surface area contributed by atoms with Gasteiger partial charge < -0.3 is 10.6 Å². The van der Waals surface area contributed by atoms with E-state index in [1.165, 1.54) is 25.2 Å². The van der Waals surface area contributed by atoms with E-state index in [4.69, 9.17) is 23.2 Å². The highest BCUT2D eigenvalue weighted by molar-refractivity contribution is 7.89. The van der Waals surface area contributed by atoms with Crippen LogP contribution in [0.2, 0.25) is 10.0 Å². The lowest BCUT2D eigenvalue weighted by molar-refractivity contribution is -0.123. The van der Waals surface area contributed by atoms with Crippen molar-refractivity contribution in [3.63, 3.8) is 0 Å². The van der Waals surface area contributed by atoms with Crippen LogP contribution in [0, 0.1) is 17.6 Å². The first kappa shape index (κ1) is 30.2. The van der Waals surface area contributed by atoms with Gasteiger partial charge in [0, 0.05) is 30.2 Å². The number of fused-ring (bicyclic) bond motifs is 1. The summed E-state index contributed by atoms with van der Waals surface area (Å²) in [5, 5.41) is 5.97. The van der Waals surface area contributed by atoms with Crippen LogP contribution >= 0.6 is 34.5 Å². The number of halogens is 4. The Bertz CT molecular complexity index is 1450. The molecule has 0 bridgehead atoms. The summed E-state index contributed by atoms with van der Waals surface area (Å²) in [5.41, 5.74) is 0. The van der Waals surface area contributed by atoms with Gasteiger partial charge in [-0.3, -0.25) is 9.59 Å². The zero-order chi connectivity index (χ0) is 28.2. The number of sulfonamides is 1. The number of hydrogen-bond donors (Lipinski definition) is 2. The van der Waals surface area contributed by atoms with Crippen LogP contribution in [0.5, 0.6) is 0 Å². The van der Waals surface area contributed by atoms with Gasteiger partial charge >= 0.3 is 0 Å². The molecule has 1 aromatic heterocycles. The van der Waals surface area contributed by atoms with Gasteiger partial charge in [-0.15, -0.1) is 11.3 Å². The average Bonchev–Trinajstić information content (AvgIpc) is 3.15. The largest absolute Gasteiger partial charge is 0.354 e. The van der Waals surface area contributed by atoms with Crippen LogP contribution in [0.15, 0.2) is 41.3 Å². The Morgan fingerprint density at radius 2 is 1.74 bits per heavy atom. The van der Waals surface area contributed by atoms with Crippen molar-refractivity contribution in [2.45, 2.75) is 37.6 Å². The van der Waals surface area contributed by atoms with Crippen molar-refractivity contribution in [2.24, 2.45) is 5.92 Å². The van der Waals surface area contributed by atoms with Crippen molar-refractivity contribution in [3.8, 4) is 0 Å². The Morgan fingerprint density at radius 1 is 1.08 bits per heavy atom. The second-order valence-electron chi connectivity index (χ2n) is 9.09. The van der Waals surface area contributed by atoms with Crippen molar-refractivity contribution in [1.82, 2.24) is 14.9 Å². The minimum absolute atomic E-state index is 0.0610. The lowest BCUT2D eigenvalue weighted by Gasteiger charge is -2.21. The summed E-state index contributed by atoms with van der Waals surface area (Å²) in [6.45, 7) is 4.01. The molecule has 0 radical (unpaired) electrons. The van der Waals surface area contributed by atoms with E-state index in [0.29, 0.717) is 16.5 Å². The third kappa shape index (κ3) is 7.20. The second kappa shape index (κ2) is 12.7. The smallest absolute Gasteiger partial charge is 0.263 e. The SMILES string of the molecule is CC(C)C[C@H](NC(=O)c1sc2cc(F)ccc2c1Cl)C(=O)NCCCN(C)S(=O)(=O)c1ccc(F)cc1Cl. The third-order valence-electron chi connectivity index (χ3n) is 5.66. The molecule has 0 aliphatic rings. The number of hydrogen-bond acceptors (Lipinski definition) is 5. The summed E-state index contributed by atoms with van der Waals surface area (Å²) in [4.78, 5) is 25.8. The van der Waals surface area contributed by atoms with Crippen molar-refractivity contribution in [3.05, 3.63) is 63.0 Å². The standard InChI is InChI=1S/C25H27Cl2F2N3O4S2/c1-14(2)11-19(31-25(34)23-22(27)17-7-5-16(29)13-20(17)37-23)24(33)30-9-4-10-32(3)38(35,36)21-8-6-15(28)12-18(21)26/h5-8,12-14,19H,4,9-11H2,1-3H3,(H,30,33)(H,31,34)/t19-/m0/s1. The number of carbonyl (C=O) groups is 2. The fourth-order valence-corrected chi connectivity index (χ4v) is 6.88. The van der Waals surface area contributed by atoms with Gasteiger partial charge in [0.25, 0.3) is 5.91 Å². The zero-order valence-corrected chi connectivity index (χ0v) is 24.0. The van der Waals surface area contributed by atoms with Crippen molar-refractivity contribution < 1.29 is 26.8 Å². The molecule has 1 heterocycles. The van der Waals surface area contributed by atoms with Crippen LogP contribution in [0.3, 0.4) is 0 Å². The van der Waals surface area contributed by atoms with Crippen molar-refractivity contribution in [1.29, 1.82) is 0 Å². The highest BCUT2D eigenvalue weighted by Gasteiger charge is 2.26. The van der Waals surface area contributed by atoms with E-state index in [0.717, 1.165) is 33.8 Å². The highest BCUT2D eigenvalue weighted by atomic mass is 35.5. The summed E-state index contributed by atoms with van der Waals surface area (Å²) in [7, 11) is -2.59. The molecule has 0 saturated carbocycles. The number of rotatable bonds is 11. The van der Waals surface area contributed by atoms with Crippen molar-refractivity contribution in [2.75, 3.05) is 20.1 Å². The summed E-state index contributed by atoms with van der Waals surface area (Å²) < 4.78 is 53.9. The minimum Gasteiger partial charge on any atom is -0.354 e. The molecule has 206 valence electrons. The predicted octanol–water partition coefficient (Wildman–Crippen LogP) is 5.46. The van der Waals surface area contributed by atoms with Crippen LogP contribution in [0.4, 0.5) is 8.78 Å². The highest BCUT2D eigenvalue weighted by Crippen LogP contribution is 2.35. The minimum atomic E-state index is -3.95. The normalized spacial score (nSPS) is 12.8. The molecule has 1 atom stereocenters. The molecule has 0 spiro atoms. The van der Waals surface area contributed by atoms with Gasteiger partial charge in [-0.1, -0.05) is 37.0 Å². The van der Waals surface area contributed by atoms with Gasteiger partial charge in [-0.2, -0.15) is 0 Å². The molecule has 2 N–H and O–H groups in total. The number of nitrogens with one attached hydrogen (secondary N) is 2. The molecule has 13 heteroatoms. The molecule has 3 rings (SSSR count). The van der Waals surface area contributed by atoms with Gasteiger partial charge in [-0.05, 0) is 55.2 Å². The van der Waals surface area contributed by atoms with Crippen LogP contribution in [-0.2, 0) is 14.8 Å². The summed E-state index contributed by atoms with van der Waals surface area (Å²) in [5.74, 6) is -1.99. The quantitative estimate of drug-likeness (QED) is 0.284. The fraction of sp³-hybridized carbons (Fsp3) is 0.360. The lowest BCUT2D eigenvalue weighted by atomic mass is 10.0. The third-order valence-corrected chi connectivity index (χ3v) is 9.65. The number of benzene rings is 2. The van der Waals surface area contributed by atoms with Crippen LogP contribution in [0.25, 0.3) is 10.1 Å². The lowest BCUT2D eigenvalue weighted by Crippen LogP contribution is -2.47. The maximum atomic E-state index is 13.6. The van der Waals surface area contributed by atoms with Gasteiger partial charge in [0.15, 0.2) is 0 Å². The second-order valence-corrected chi connectivity index (χ2v) is 12.9. The Kier molecular flexibility index (Phi) is 10.1.